The molecule has 0 aliphatic carbocycles. The largest absolute Gasteiger partial charge is 0.401 e. The third-order valence-corrected chi connectivity index (χ3v) is 2.58. The standard InChI is InChI=1S/C11H23F3N2/c1-5-15-7-6-10(4)16(9(2)3)8-11(12,13)14/h9-10,15H,5-8H2,1-4H3. The Hall–Kier alpha value is -0.290. The van der Waals surface area contributed by atoms with E-state index in [9.17, 15) is 13.2 Å². The molecule has 0 heterocycles. The van der Waals surface area contributed by atoms with Crippen molar-refractivity contribution in [1.82, 2.24) is 10.2 Å². The minimum Gasteiger partial charge on any atom is -0.317 e. The molecule has 0 saturated heterocycles. The molecule has 98 valence electrons. The van der Waals surface area contributed by atoms with Gasteiger partial charge in [0.25, 0.3) is 0 Å². The van der Waals surface area contributed by atoms with Crippen LogP contribution < -0.4 is 5.32 Å². The molecule has 0 aliphatic heterocycles. The van der Waals surface area contributed by atoms with Crippen LogP contribution in [0.5, 0.6) is 0 Å². The fourth-order valence-electron chi connectivity index (χ4n) is 1.71. The van der Waals surface area contributed by atoms with Gasteiger partial charge in [-0.3, -0.25) is 4.90 Å². The maximum atomic E-state index is 12.4. The molecule has 0 fully saturated rings. The van der Waals surface area contributed by atoms with Crippen molar-refractivity contribution >= 4 is 0 Å². The first-order chi connectivity index (χ1) is 7.28. The molecule has 0 aromatic rings. The monoisotopic (exact) mass is 240 g/mol. The van der Waals surface area contributed by atoms with E-state index in [-0.39, 0.29) is 12.1 Å². The third kappa shape index (κ3) is 7.06. The van der Waals surface area contributed by atoms with E-state index in [1.54, 1.807) is 13.8 Å². The van der Waals surface area contributed by atoms with E-state index in [1.807, 2.05) is 13.8 Å². The topological polar surface area (TPSA) is 15.3 Å². The number of halogens is 3. The molecule has 16 heavy (non-hydrogen) atoms. The highest BCUT2D eigenvalue weighted by atomic mass is 19.4. The highest BCUT2D eigenvalue weighted by molar-refractivity contribution is 4.74. The van der Waals surface area contributed by atoms with Crippen LogP contribution in [-0.4, -0.2) is 42.8 Å². The van der Waals surface area contributed by atoms with Gasteiger partial charge in [-0.1, -0.05) is 6.92 Å². The summed E-state index contributed by atoms with van der Waals surface area (Å²) in [5, 5.41) is 3.13. The summed E-state index contributed by atoms with van der Waals surface area (Å²) < 4.78 is 37.1. The summed E-state index contributed by atoms with van der Waals surface area (Å²) in [6.45, 7) is 8.24. The number of nitrogens with zero attached hydrogens (tertiary/aromatic N) is 1. The first-order valence-electron chi connectivity index (χ1n) is 5.81. The fraction of sp³-hybridized carbons (Fsp3) is 1.00. The van der Waals surface area contributed by atoms with Crippen molar-refractivity contribution in [2.24, 2.45) is 0 Å². The molecular weight excluding hydrogens is 217 g/mol. The molecule has 0 aliphatic rings. The first-order valence-corrected chi connectivity index (χ1v) is 5.81. The summed E-state index contributed by atoms with van der Waals surface area (Å²) in [7, 11) is 0. The molecule has 0 saturated carbocycles. The van der Waals surface area contributed by atoms with E-state index in [2.05, 4.69) is 5.32 Å². The van der Waals surface area contributed by atoms with Gasteiger partial charge >= 0.3 is 6.18 Å². The van der Waals surface area contributed by atoms with Crippen LogP contribution in [0.4, 0.5) is 13.2 Å². The Bertz CT molecular complexity index is 181. The maximum Gasteiger partial charge on any atom is 0.401 e. The maximum absolute atomic E-state index is 12.4. The normalized spacial score (nSPS) is 14.8. The number of rotatable bonds is 7. The molecule has 0 amide bonds. The zero-order valence-corrected chi connectivity index (χ0v) is 10.6. The molecule has 1 unspecified atom stereocenters. The highest BCUT2D eigenvalue weighted by Crippen LogP contribution is 2.20. The molecule has 2 nitrogen and oxygen atoms in total. The lowest BCUT2D eigenvalue weighted by Crippen LogP contribution is -2.45. The molecule has 0 aromatic carbocycles. The summed E-state index contributed by atoms with van der Waals surface area (Å²) in [6.07, 6.45) is -3.38. The van der Waals surface area contributed by atoms with Crippen molar-refractivity contribution in [1.29, 1.82) is 0 Å². The van der Waals surface area contributed by atoms with E-state index in [4.69, 9.17) is 0 Å². The van der Waals surface area contributed by atoms with Crippen molar-refractivity contribution in [2.75, 3.05) is 19.6 Å². The second-order valence-electron chi connectivity index (χ2n) is 4.37. The summed E-state index contributed by atoms with van der Waals surface area (Å²) in [4.78, 5) is 1.50. The smallest absolute Gasteiger partial charge is 0.317 e. The predicted molar refractivity (Wildman–Crippen MR) is 60.5 cm³/mol. The summed E-state index contributed by atoms with van der Waals surface area (Å²) >= 11 is 0. The van der Waals surface area contributed by atoms with Gasteiger partial charge < -0.3 is 5.32 Å². The van der Waals surface area contributed by atoms with Crippen LogP contribution >= 0.6 is 0 Å². The van der Waals surface area contributed by atoms with Crippen LogP contribution in [0.3, 0.4) is 0 Å². The van der Waals surface area contributed by atoms with Crippen LogP contribution in [0.15, 0.2) is 0 Å². The van der Waals surface area contributed by atoms with Crippen LogP contribution in [0.1, 0.15) is 34.1 Å². The first kappa shape index (κ1) is 15.7. The van der Waals surface area contributed by atoms with Crippen molar-refractivity contribution in [3.8, 4) is 0 Å². The van der Waals surface area contributed by atoms with Gasteiger partial charge in [0.2, 0.25) is 0 Å². The van der Waals surface area contributed by atoms with Gasteiger partial charge in [-0.15, -0.1) is 0 Å². The lowest BCUT2D eigenvalue weighted by atomic mass is 10.1. The molecule has 0 bridgehead atoms. The van der Waals surface area contributed by atoms with E-state index in [1.165, 1.54) is 4.90 Å². The van der Waals surface area contributed by atoms with Gasteiger partial charge in [-0.05, 0) is 40.3 Å². The minimum atomic E-state index is -4.11. The van der Waals surface area contributed by atoms with Gasteiger partial charge in [-0.2, -0.15) is 13.2 Å². The number of hydrogen-bond donors (Lipinski definition) is 1. The van der Waals surface area contributed by atoms with Crippen LogP contribution in [-0.2, 0) is 0 Å². The highest BCUT2D eigenvalue weighted by Gasteiger charge is 2.33. The average Bonchev–Trinajstić information content (AvgIpc) is 2.12. The van der Waals surface area contributed by atoms with Gasteiger partial charge in [0.1, 0.15) is 0 Å². The Morgan fingerprint density at radius 2 is 1.75 bits per heavy atom. The van der Waals surface area contributed by atoms with Gasteiger partial charge in [0.05, 0.1) is 6.54 Å². The Morgan fingerprint density at radius 1 is 1.19 bits per heavy atom. The Balaban J connectivity index is 4.19. The van der Waals surface area contributed by atoms with Crippen LogP contribution in [0.25, 0.3) is 0 Å². The second-order valence-corrected chi connectivity index (χ2v) is 4.37. The van der Waals surface area contributed by atoms with Crippen LogP contribution in [0, 0.1) is 0 Å². The van der Waals surface area contributed by atoms with E-state index in [0.29, 0.717) is 0 Å². The van der Waals surface area contributed by atoms with Crippen molar-refractivity contribution in [3.63, 3.8) is 0 Å². The van der Waals surface area contributed by atoms with E-state index < -0.39 is 12.7 Å². The number of alkyl halides is 3. The van der Waals surface area contributed by atoms with E-state index >= 15 is 0 Å². The lowest BCUT2D eigenvalue weighted by molar-refractivity contribution is -0.154. The molecule has 0 spiro atoms. The van der Waals surface area contributed by atoms with Crippen molar-refractivity contribution in [3.05, 3.63) is 0 Å². The Kier molecular flexibility index (Phi) is 6.99. The van der Waals surface area contributed by atoms with E-state index in [0.717, 1.165) is 19.5 Å². The summed E-state index contributed by atoms with van der Waals surface area (Å²) in [5.41, 5.74) is 0. The minimum absolute atomic E-state index is 0.0549. The van der Waals surface area contributed by atoms with Crippen LogP contribution in [0.2, 0.25) is 0 Å². The van der Waals surface area contributed by atoms with Gasteiger partial charge in [0, 0.05) is 12.1 Å². The second kappa shape index (κ2) is 7.12. The molecular formula is C11H23F3N2. The zero-order chi connectivity index (χ0) is 12.8. The number of nitrogens with one attached hydrogen (secondary N) is 1. The molecule has 1 atom stereocenters. The molecule has 0 aromatic heterocycles. The molecule has 0 radical (unpaired) electrons. The predicted octanol–water partition coefficient (Wildman–Crippen LogP) is 2.65. The Labute approximate surface area is 96.2 Å². The average molecular weight is 240 g/mol. The van der Waals surface area contributed by atoms with Gasteiger partial charge in [0.15, 0.2) is 0 Å². The molecule has 5 heteroatoms. The lowest BCUT2D eigenvalue weighted by Gasteiger charge is -2.33. The van der Waals surface area contributed by atoms with Gasteiger partial charge in [-0.25, -0.2) is 0 Å². The molecule has 1 N–H and O–H groups in total. The SMILES string of the molecule is CCNCCC(C)N(CC(F)(F)F)C(C)C. The Morgan fingerprint density at radius 3 is 2.12 bits per heavy atom. The summed E-state index contributed by atoms with van der Waals surface area (Å²) in [5.74, 6) is 0. The van der Waals surface area contributed by atoms with Crippen molar-refractivity contribution in [2.45, 2.75) is 52.4 Å². The fourth-order valence-corrected chi connectivity index (χ4v) is 1.71. The summed E-state index contributed by atoms with van der Waals surface area (Å²) in [6, 6.07) is -0.140. The number of hydrogen-bond acceptors (Lipinski definition) is 2. The quantitative estimate of drug-likeness (QED) is 0.688. The molecule has 0 rings (SSSR count). The van der Waals surface area contributed by atoms with Crippen molar-refractivity contribution < 1.29 is 13.2 Å². The zero-order valence-electron chi connectivity index (χ0n) is 10.6. The third-order valence-electron chi connectivity index (χ3n) is 2.58.